The normalized spacial score (nSPS) is 11.9. The van der Waals surface area contributed by atoms with Crippen LogP contribution in [0.3, 0.4) is 0 Å². The van der Waals surface area contributed by atoms with E-state index in [0.29, 0.717) is 22.2 Å². The smallest absolute Gasteiger partial charge is 0.261 e. The number of amides is 2. The Morgan fingerprint density at radius 1 is 1.13 bits per heavy atom. The second-order valence-electron chi connectivity index (χ2n) is 7.56. The molecule has 0 spiro atoms. The predicted molar refractivity (Wildman–Crippen MR) is 129 cm³/mol. The molecule has 0 aromatic heterocycles. The van der Waals surface area contributed by atoms with Gasteiger partial charge in [0.15, 0.2) is 6.61 Å². The van der Waals surface area contributed by atoms with Gasteiger partial charge in [-0.1, -0.05) is 52.1 Å². The molecule has 2 rings (SSSR count). The third-order valence-electron chi connectivity index (χ3n) is 4.65. The molecule has 31 heavy (non-hydrogen) atoms. The summed E-state index contributed by atoms with van der Waals surface area (Å²) < 4.78 is 6.69. The van der Waals surface area contributed by atoms with Gasteiger partial charge in [0.25, 0.3) is 5.91 Å². The van der Waals surface area contributed by atoms with Crippen molar-refractivity contribution in [2.75, 3.05) is 6.61 Å². The molecule has 2 amide bonds. The van der Waals surface area contributed by atoms with E-state index in [2.05, 4.69) is 21.2 Å². The number of aryl methyl sites for hydroxylation is 1. The van der Waals surface area contributed by atoms with Crippen LogP contribution in [-0.4, -0.2) is 35.4 Å². The molecule has 2 aromatic carbocycles. The van der Waals surface area contributed by atoms with Crippen molar-refractivity contribution in [1.29, 1.82) is 0 Å². The Hall–Kier alpha value is -1.76. The number of carbonyl (C=O) groups excluding carboxylic acids is 2. The van der Waals surface area contributed by atoms with E-state index in [0.717, 1.165) is 15.6 Å². The van der Waals surface area contributed by atoms with Crippen LogP contribution in [0.25, 0.3) is 0 Å². The van der Waals surface area contributed by atoms with Gasteiger partial charge in [0.2, 0.25) is 5.91 Å². The highest BCUT2D eigenvalue weighted by Crippen LogP contribution is 2.25. The maximum Gasteiger partial charge on any atom is 0.261 e. The first-order chi connectivity index (χ1) is 14.6. The highest BCUT2D eigenvalue weighted by Gasteiger charge is 2.29. The average Bonchev–Trinajstić information content (AvgIpc) is 2.70. The number of ether oxygens (including phenoxy) is 1. The molecule has 0 aliphatic heterocycles. The molecule has 1 unspecified atom stereocenters. The first-order valence-electron chi connectivity index (χ1n) is 10.0. The molecule has 0 radical (unpaired) electrons. The maximum absolute atomic E-state index is 13.2. The molecule has 1 N–H and O–H groups in total. The van der Waals surface area contributed by atoms with E-state index in [9.17, 15) is 9.59 Å². The minimum atomic E-state index is -0.639. The molecule has 0 saturated heterocycles. The van der Waals surface area contributed by atoms with E-state index >= 15 is 0 Å². The van der Waals surface area contributed by atoms with Crippen LogP contribution in [0.1, 0.15) is 38.3 Å². The van der Waals surface area contributed by atoms with Crippen molar-refractivity contribution in [3.63, 3.8) is 0 Å². The molecule has 168 valence electrons. The van der Waals surface area contributed by atoms with E-state index in [1.807, 2.05) is 39.8 Å². The van der Waals surface area contributed by atoms with E-state index in [4.69, 9.17) is 27.9 Å². The summed E-state index contributed by atoms with van der Waals surface area (Å²) in [7, 11) is 0. The van der Waals surface area contributed by atoms with Gasteiger partial charge in [-0.15, -0.1) is 0 Å². The molecule has 8 heteroatoms. The van der Waals surface area contributed by atoms with Crippen LogP contribution >= 0.6 is 39.1 Å². The van der Waals surface area contributed by atoms with Crippen molar-refractivity contribution in [3.05, 3.63) is 62.0 Å². The lowest BCUT2D eigenvalue weighted by Crippen LogP contribution is -2.51. The van der Waals surface area contributed by atoms with Crippen LogP contribution in [0, 0.1) is 6.92 Å². The predicted octanol–water partition coefficient (Wildman–Crippen LogP) is 5.78. The molecular formula is C23H27BrCl2N2O3. The average molecular weight is 530 g/mol. The number of carbonyl (C=O) groups is 2. The van der Waals surface area contributed by atoms with Crippen LogP contribution in [0.15, 0.2) is 40.9 Å². The summed E-state index contributed by atoms with van der Waals surface area (Å²) >= 11 is 15.6. The second kappa shape index (κ2) is 11.7. The Balaban J connectivity index is 2.25. The third kappa shape index (κ3) is 7.41. The number of nitrogens with one attached hydrogen (secondary N) is 1. The fourth-order valence-electron chi connectivity index (χ4n) is 3.07. The summed E-state index contributed by atoms with van der Waals surface area (Å²) in [5.41, 5.74) is 1.78. The van der Waals surface area contributed by atoms with Gasteiger partial charge in [-0.2, -0.15) is 0 Å². The van der Waals surface area contributed by atoms with E-state index in [-0.39, 0.29) is 31.0 Å². The lowest BCUT2D eigenvalue weighted by molar-refractivity contribution is -0.143. The van der Waals surface area contributed by atoms with Gasteiger partial charge in [-0.05, 0) is 68.7 Å². The molecule has 0 fully saturated rings. The van der Waals surface area contributed by atoms with Crippen LogP contribution < -0.4 is 10.1 Å². The Bertz CT molecular complexity index is 937. The monoisotopic (exact) mass is 528 g/mol. The minimum Gasteiger partial charge on any atom is -0.484 e. The highest BCUT2D eigenvalue weighted by atomic mass is 79.9. The van der Waals surface area contributed by atoms with Gasteiger partial charge in [-0.3, -0.25) is 9.59 Å². The number of rotatable bonds is 9. The summed E-state index contributed by atoms with van der Waals surface area (Å²) in [5, 5.41) is 3.73. The van der Waals surface area contributed by atoms with Crippen molar-refractivity contribution >= 4 is 50.9 Å². The standard InChI is InChI=1S/C23H27BrCl2N2O3/c1-5-21(23(30)27-14(2)3)28(12-16-6-9-19(25)20(26)11-16)22(29)13-31-17-7-8-18(24)15(4)10-17/h6-11,14,21H,5,12-13H2,1-4H3,(H,27,30). The van der Waals surface area contributed by atoms with Crippen LogP contribution in [0.2, 0.25) is 10.0 Å². The number of hydrogen-bond acceptors (Lipinski definition) is 3. The van der Waals surface area contributed by atoms with Gasteiger partial charge in [0.05, 0.1) is 10.0 Å². The van der Waals surface area contributed by atoms with E-state index < -0.39 is 6.04 Å². The molecule has 0 heterocycles. The second-order valence-corrected chi connectivity index (χ2v) is 9.23. The van der Waals surface area contributed by atoms with Gasteiger partial charge in [0, 0.05) is 17.1 Å². The molecule has 5 nitrogen and oxygen atoms in total. The molecule has 0 aliphatic carbocycles. The van der Waals surface area contributed by atoms with Crippen molar-refractivity contribution in [1.82, 2.24) is 10.2 Å². The first-order valence-corrected chi connectivity index (χ1v) is 11.6. The van der Waals surface area contributed by atoms with Crippen molar-refractivity contribution < 1.29 is 14.3 Å². The quantitative estimate of drug-likeness (QED) is 0.448. The molecule has 2 aromatic rings. The first kappa shape index (κ1) is 25.5. The van der Waals surface area contributed by atoms with Crippen molar-refractivity contribution in [2.24, 2.45) is 0 Å². The molecular weight excluding hydrogens is 503 g/mol. The Morgan fingerprint density at radius 2 is 1.84 bits per heavy atom. The zero-order valence-electron chi connectivity index (χ0n) is 18.0. The van der Waals surface area contributed by atoms with Crippen LogP contribution in [0.4, 0.5) is 0 Å². The van der Waals surface area contributed by atoms with E-state index in [1.165, 1.54) is 4.90 Å². The highest BCUT2D eigenvalue weighted by molar-refractivity contribution is 9.10. The third-order valence-corrected chi connectivity index (χ3v) is 6.27. The number of nitrogens with zero attached hydrogens (tertiary/aromatic N) is 1. The summed E-state index contributed by atoms with van der Waals surface area (Å²) in [4.78, 5) is 27.5. The summed E-state index contributed by atoms with van der Waals surface area (Å²) in [6, 6.07) is 10.0. The van der Waals surface area contributed by atoms with Gasteiger partial charge < -0.3 is 15.0 Å². The zero-order valence-corrected chi connectivity index (χ0v) is 21.1. The fourth-order valence-corrected chi connectivity index (χ4v) is 3.64. The minimum absolute atomic E-state index is 0.0366. The molecule has 1 atom stereocenters. The topological polar surface area (TPSA) is 58.6 Å². The largest absolute Gasteiger partial charge is 0.484 e. The summed E-state index contributed by atoms with van der Waals surface area (Å²) in [6.07, 6.45) is 0.461. The van der Waals surface area contributed by atoms with Crippen LogP contribution in [-0.2, 0) is 16.1 Å². The zero-order chi connectivity index (χ0) is 23.1. The van der Waals surface area contributed by atoms with Crippen molar-refractivity contribution in [2.45, 2.75) is 52.7 Å². The number of benzene rings is 2. The number of hydrogen-bond donors (Lipinski definition) is 1. The Labute approximate surface area is 202 Å². The van der Waals surface area contributed by atoms with Crippen molar-refractivity contribution in [3.8, 4) is 5.75 Å². The molecule has 0 aliphatic rings. The van der Waals surface area contributed by atoms with Gasteiger partial charge in [0.1, 0.15) is 11.8 Å². The Kier molecular flexibility index (Phi) is 9.66. The maximum atomic E-state index is 13.2. The van der Waals surface area contributed by atoms with E-state index in [1.54, 1.807) is 24.3 Å². The molecule has 0 saturated carbocycles. The molecule has 0 bridgehead atoms. The lowest BCUT2D eigenvalue weighted by atomic mass is 10.1. The van der Waals surface area contributed by atoms with Gasteiger partial charge >= 0.3 is 0 Å². The van der Waals surface area contributed by atoms with Gasteiger partial charge in [-0.25, -0.2) is 0 Å². The fraction of sp³-hybridized carbons (Fsp3) is 0.391. The SMILES string of the molecule is CCC(C(=O)NC(C)C)N(Cc1ccc(Cl)c(Cl)c1)C(=O)COc1ccc(Br)c(C)c1. The lowest BCUT2D eigenvalue weighted by Gasteiger charge is -2.31. The Morgan fingerprint density at radius 3 is 2.42 bits per heavy atom. The summed E-state index contributed by atoms with van der Waals surface area (Å²) in [6.45, 7) is 7.61. The van der Waals surface area contributed by atoms with Crippen LogP contribution in [0.5, 0.6) is 5.75 Å². The number of halogens is 3. The summed E-state index contributed by atoms with van der Waals surface area (Å²) in [5.74, 6) is 0.0889.